The Balaban J connectivity index is 1.32. The number of tetrazole rings is 1. The average molecular weight is 602 g/mol. The zero-order valence-electron chi connectivity index (χ0n) is 22.3. The SMILES string of the molecule is CCOc1cc(CN(C)c2cnn(Cc3ccc(-c4ccccc4-c4nn[nH]n4)cc3)c(=O)c2Br)ccc1OC. The molecule has 0 saturated heterocycles. The molecule has 0 aliphatic rings. The maximum Gasteiger partial charge on any atom is 0.283 e. The van der Waals surface area contributed by atoms with Gasteiger partial charge in [0.25, 0.3) is 5.56 Å². The largest absolute Gasteiger partial charge is 0.493 e. The van der Waals surface area contributed by atoms with Crippen LogP contribution in [0.3, 0.4) is 0 Å². The minimum atomic E-state index is -0.208. The molecule has 0 fully saturated rings. The predicted octanol–water partition coefficient (Wildman–Crippen LogP) is 4.94. The number of hydrogen-bond donors (Lipinski definition) is 1. The molecule has 0 unspecified atom stereocenters. The molecule has 0 aliphatic carbocycles. The number of nitrogens with zero attached hydrogens (tertiary/aromatic N) is 6. The molecule has 0 saturated carbocycles. The van der Waals surface area contributed by atoms with E-state index in [2.05, 4.69) is 41.7 Å². The maximum absolute atomic E-state index is 13.2. The van der Waals surface area contributed by atoms with Gasteiger partial charge in [-0.15, -0.1) is 10.2 Å². The normalized spacial score (nSPS) is 10.9. The van der Waals surface area contributed by atoms with E-state index < -0.39 is 0 Å². The van der Waals surface area contributed by atoms with Crippen molar-refractivity contribution >= 4 is 21.6 Å². The van der Waals surface area contributed by atoms with Gasteiger partial charge in [-0.25, -0.2) is 4.68 Å². The highest BCUT2D eigenvalue weighted by atomic mass is 79.9. The van der Waals surface area contributed by atoms with E-state index in [1.807, 2.05) is 85.6 Å². The van der Waals surface area contributed by atoms with Gasteiger partial charge in [0.15, 0.2) is 11.5 Å². The van der Waals surface area contributed by atoms with Crippen LogP contribution in [0.2, 0.25) is 0 Å². The Labute approximate surface area is 239 Å². The second-order valence-corrected chi connectivity index (χ2v) is 9.85. The molecule has 0 spiro atoms. The smallest absolute Gasteiger partial charge is 0.283 e. The van der Waals surface area contributed by atoms with E-state index in [9.17, 15) is 4.79 Å². The van der Waals surface area contributed by atoms with Gasteiger partial charge in [-0.1, -0.05) is 54.6 Å². The number of hydrogen-bond acceptors (Lipinski definition) is 8. The molecule has 0 atom stereocenters. The van der Waals surface area contributed by atoms with Crippen molar-refractivity contribution in [2.45, 2.75) is 20.0 Å². The first-order chi connectivity index (χ1) is 19.5. The van der Waals surface area contributed by atoms with Crippen molar-refractivity contribution in [2.75, 3.05) is 25.7 Å². The first-order valence-electron chi connectivity index (χ1n) is 12.7. The molecule has 11 heteroatoms. The number of ether oxygens (including phenoxy) is 2. The third-order valence-corrected chi connectivity index (χ3v) is 7.18. The predicted molar refractivity (Wildman–Crippen MR) is 157 cm³/mol. The molecule has 0 aliphatic heterocycles. The molecule has 0 radical (unpaired) electrons. The van der Waals surface area contributed by atoms with E-state index >= 15 is 0 Å². The summed E-state index contributed by atoms with van der Waals surface area (Å²) in [6.07, 6.45) is 1.70. The van der Waals surface area contributed by atoms with Crippen LogP contribution in [0.5, 0.6) is 11.5 Å². The maximum atomic E-state index is 13.2. The molecule has 0 bridgehead atoms. The molecule has 2 aromatic heterocycles. The lowest BCUT2D eigenvalue weighted by Crippen LogP contribution is -2.27. The molecule has 0 amide bonds. The quantitative estimate of drug-likeness (QED) is 0.239. The zero-order valence-corrected chi connectivity index (χ0v) is 23.9. The Morgan fingerprint density at radius 1 is 1.00 bits per heavy atom. The number of aromatic amines is 1. The van der Waals surface area contributed by atoms with Gasteiger partial charge >= 0.3 is 0 Å². The average Bonchev–Trinajstić information content (AvgIpc) is 3.51. The Kier molecular flexibility index (Phi) is 8.20. The topological polar surface area (TPSA) is 111 Å². The summed E-state index contributed by atoms with van der Waals surface area (Å²) < 4.78 is 13.0. The van der Waals surface area contributed by atoms with Gasteiger partial charge in [0.1, 0.15) is 4.47 Å². The number of rotatable bonds is 10. The van der Waals surface area contributed by atoms with Crippen molar-refractivity contribution < 1.29 is 9.47 Å². The van der Waals surface area contributed by atoms with E-state index in [0.29, 0.717) is 47.2 Å². The lowest BCUT2D eigenvalue weighted by Gasteiger charge is -2.21. The third kappa shape index (κ3) is 5.74. The van der Waals surface area contributed by atoms with Crippen molar-refractivity contribution in [1.82, 2.24) is 30.4 Å². The Morgan fingerprint density at radius 2 is 1.75 bits per heavy atom. The minimum Gasteiger partial charge on any atom is -0.493 e. The van der Waals surface area contributed by atoms with Crippen LogP contribution < -0.4 is 19.9 Å². The summed E-state index contributed by atoms with van der Waals surface area (Å²) in [6.45, 7) is 3.37. The van der Waals surface area contributed by atoms with E-state index in [4.69, 9.17) is 9.47 Å². The van der Waals surface area contributed by atoms with Crippen LogP contribution in [-0.4, -0.2) is 51.2 Å². The summed E-state index contributed by atoms with van der Waals surface area (Å²) in [4.78, 5) is 15.2. The number of methoxy groups -OCH3 is 1. The summed E-state index contributed by atoms with van der Waals surface area (Å²) in [6, 6.07) is 21.7. The molecule has 10 nitrogen and oxygen atoms in total. The standard InChI is InChI=1S/C29H28BrN7O3/c1-4-40-26-15-20(11-14-25(26)39-3)17-36(2)24-16-31-37(29(38)27(24)30)18-19-9-12-21(13-10-19)22-7-5-6-8-23(22)28-32-34-35-33-28/h5-16H,4,17-18H2,1-3H3,(H,32,33,34,35). The highest BCUT2D eigenvalue weighted by Gasteiger charge is 2.15. The van der Waals surface area contributed by atoms with Crippen LogP contribution in [0.4, 0.5) is 5.69 Å². The fraction of sp³-hybridized carbons (Fsp3) is 0.207. The fourth-order valence-corrected chi connectivity index (χ4v) is 5.06. The van der Waals surface area contributed by atoms with Crippen LogP contribution in [0.15, 0.2) is 82.2 Å². The zero-order chi connectivity index (χ0) is 28.1. The van der Waals surface area contributed by atoms with E-state index in [1.165, 1.54) is 4.68 Å². The van der Waals surface area contributed by atoms with Crippen LogP contribution in [0.1, 0.15) is 18.1 Å². The van der Waals surface area contributed by atoms with Gasteiger partial charge in [-0.2, -0.15) is 10.3 Å². The van der Waals surface area contributed by atoms with Crippen LogP contribution in [-0.2, 0) is 13.1 Å². The Hall–Kier alpha value is -4.51. The van der Waals surface area contributed by atoms with Gasteiger partial charge in [0, 0.05) is 19.2 Å². The Morgan fingerprint density at radius 3 is 2.45 bits per heavy atom. The summed E-state index contributed by atoms with van der Waals surface area (Å²) in [5.74, 6) is 1.91. The summed E-state index contributed by atoms with van der Waals surface area (Å²) in [5, 5.41) is 18.9. The molecular formula is C29H28BrN7O3. The van der Waals surface area contributed by atoms with Crippen molar-refractivity contribution in [3.8, 4) is 34.0 Å². The van der Waals surface area contributed by atoms with Gasteiger partial charge in [0.2, 0.25) is 5.82 Å². The van der Waals surface area contributed by atoms with E-state index in [-0.39, 0.29) is 5.56 Å². The van der Waals surface area contributed by atoms with Gasteiger partial charge in [-0.3, -0.25) is 4.79 Å². The van der Waals surface area contributed by atoms with Gasteiger partial charge in [-0.05, 0) is 62.5 Å². The van der Waals surface area contributed by atoms with E-state index in [0.717, 1.165) is 27.8 Å². The summed E-state index contributed by atoms with van der Waals surface area (Å²) in [7, 11) is 3.54. The van der Waals surface area contributed by atoms with Gasteiger partial charge in [0.05, 0.1) is 32.1 Å². The fourth-order valence-electron chi connectivity index (χ4n) is 4.45. The number of benzene rings is 3. The number of nitrogens with one attached hydrogen (secondary N) is 1. The number of halogens is 1. The first-order valence-corrected chi connectivity index (χ1v) is 13.5. The molecule has 204 valence electrons. The molecule has 2 heterocycles. The Bertz CT molecular complexity index is 1650. The lowest BCUT2D eigenvalue weighted by molar-refractivity contribution is 0.310. The molecular weight excluding hydrogens is 574 g/mol. The van der Waals surface area contributed by atoms with E-state index in [1.54, 1.807) is 13.3 Å². The summed E-state index contributed by atoms with van der Waals surface area (Å²) >= 11 is 3.51. The second-order valence-electron chi connectivity index (χ2n) is 9.06. The van der Waals surface area contributed by atoms with Crippen molar-refractivity contribution in [1.29, 1.82) is 0 Å². The van der Waals surface area contributed by atoms with Crippen molar-refractivity contribution in [3.05, 3.63) is 98.9 Å². The monoisotopic (exact) mass is 601 g/mol. The number of anilines is 1. The summed E-state index contributed by atoms with van der Waals surface area (Å²) in [5.41, 5.74) is 5.34. The molecule has 40 heavy (non-hydrogen) atoms. The minimum absolute atomic E-state index is 0.208. The van der Waals surface area contributed by atoms with Crippen LogP contribution >= 0.6 is 15.9 Å². The van der Waals surface area contributed by atoms with Crippen molar-refractivity contribution in [2.24, 2.45) is 0 Å². The third-order valence-electron chi connectivity index (χ3n) is 6.44. The van der Waals surface area contributed by atoms with Crippen LogP contribution in [0.25, 0.3) is 22.5 Å². The second kappa shape index (κ2) is 12.1. The van der Waals surface area contributed by atoms with Gasteiger partial charge < -0.3 is 14.4 Å². The number of aromatic nitrogens is 6. The van der Waals surface area contributed by atoms with Crippen LogP contribution in [0, 0.1) is 0 Å². The first kappa shape index (κ1) is 27.1. The molecule has 5 aromatic rings. The molecule has 5 rings (SSSR count). The van der Waals surface area contributed by atoms with Crippen molar-refractivity contribution in [3.63, 3.8) is 0 Å². The molecule has 1 N–H and O–H groups in total. The lowest BCUT2D eigenvalue weighted by atomic mass is 9.98. The highest BCUT2D eigenvalue weighted by molar-refractivity contribution is 9.10. The molecule has 3 aromatic carbocycles. The number of H-pyrrole nitrogens is 1. The highest BCUT2D eigenvalue weighted by Crippen LogP contribution is 2.31.